The third-order valence-electron chi connectivity index (χ3n) is 3.74. The summed E-state index contributed by atoms with van der Waals surface area (Å²) in [5.41, 5.74) is 0.392. The zero-order chi connectivity index (χ0) is 17.0. The zero-order valence-corrected chi connectivity index (χ0v) is 13.0. The molecule has 0 bridgehead atoms. The third kappa shape index (κ3) is 4.32. The second kappa shape index (κ2) is 7.28. The van der Waals surface area contributed by atoms with Gasteiger partial charge in [0.05, 0.1) is 10.8 Å². The first-order valence-electron chi connectivity index (χ1n) is 7.07. The van der Waals surface area contributed by atoms with Gasteiger partial charge in [-0.2, -0.15) is 0 Å². The maximum atomic E-state index is 11.9. The average Bonchev–Trinajstić information content (AvgIpc) is 2.98. The van der Waals surface area contributed by atoms with E-state index in [1.165, 1.54) is 11.0 Å². The molecule has 0 spiro atoms. The van der Waals surface area contributed by atoms with E-state index in [9.17, 15) is 19.7 Å². The van der Waals surface area contributed by atoms with Crippen LogP contribution in [-0.4, -0.2) is 46.6 Å². The van der Waals surface area contributed by atoms with Crippen molar-refractivity contribution in [3.05, 3.63) is 38.9 Å². The second-order valence-electron chi connectivity index (χ2n) is 5.28. The number of hydrogen-bond acceptors (Lipinski definition) is 4. The fourth-order valence-electron chi connectivity index (χ4n) is 2.48. The number of hydrogen-bond donors (Lipinski definition) is 2. The van der Waals surface area contributed by atoms with E-state index in [-0.39, 0.29) is 36.3 Å². The number of halogens is 1. The minimum Gasteiger partial charge on any atom is -0.481 e. The van der Waals surface area contributed by atoms with Crippen molar-refractivity contribution in [2.24, 2.45) is 5.92 Å². The van der Waals surface area contributed by atoms with Gasteiger partial charge in [0.2, 0.25) is 0 Å². The highest BCUT2D eigenvalue weighted by Gasteiger charge is 2.30. The molecule has 0 saturated carbocycles. The fourth-order valence-corrected chi connectivity index (χ4v) is 2.65. The van der Waals surface area contributed by atoms with E-state index in [1.54, 1.807) is 12.1 Å². The minimum absolute atomic E-state index is 0.0844. The monoisotopic (exact) mass is 341 g/mol. The SMILES string of the molecule is O=C(O)C1CCN(C(=O)NCCc2ccc(Cl)cc2[N+](=O)[O-])C1. The molecule has 1 aromatic carbocycles. The highest BCUT2D eigenvalue weighted by molar-refractivity contribution is 6.30. The van der Waals surface area contributed by atoms with Crippen LogP contribution >= 0.6 is 11.6 Å². The van der Waals surface area contributed by atoms with Crippen molar-refractivity contribution in [1.82, 2.24) is 10.2 Å². The molecular formula is C14H16ClN3O5. The number of nitrogens with zero attached hydrogens (tertiary/aromatic N) is 2. The summed E-state index contributed by atoms with van der Waals surface area (Å²) in [5, 5.41) is 22.8. The lowest BCUT2D eigenvalue weighted by atomic mass is 10.1. The van der Waals surface area contributed by atoms with Gasteiger partial charge in [-0.1, -0.05) is 17.7 Å². The molecule has 1 saturated heterocycles. The highest BCUT2D eigenvalue weighted by atomic mass is 35.5. The van der Waals surface area contributed by atoms with E-state index < -0.39 is 16.8 Å². The van der Waals surface area contributed by atoms with Crippen LogP contribution in [0.3, 0.4) is 0 Å². The Morgan fingerprint density at radius 3 is 2.83 bits per heavy atom. The summed E-state index contributed by atoms with van der Waals surface area (Å²) in [7, 11) is 0. The quantitative estimate of drug-likeness (QED) is 0.627. The molecule has 1 aliphatic heterocycles. The van der Waals surface area contributed by atoms with Crippen LogP contribution in [0.4, 0.5) is 10.5 Å². The smallest absolute Gasteiger partial charge is 0.317 e. The number of carboxylic acids is 1. The average molecular weight is 342 g/mol. The normalized spacial score (nSPS) is 17.1. The number of amides is 2. The number of nitrogens with one attached hydrogen (secondary N) is 1. The van der Waals surface area contributed by atoms with E-state index in [4.69, 9.17) is 16.7 Å². The van der Waals surface area contributed by atoms with Crippen LogP contribution < -0.4 is 5.32 Å². The topological polar surface area (TPSA) is 113 Å². The van der Waals surface area contributed by atoms with E-state index in [1.807, 2.05) is 0 Å². The molecule has 8 nitrogen and oxygen atoms in total. The summed E-state index contributed by atoms with van der Waals surface area (Å²) in [6.07, 6.45) is 0.723. The van der Waals surface area contributed by atoms with Crippen molar-refractivity contribution in [2.75, 3.05) is 19.6 Å². The molecule has 0 aromatic heterocycles. The first kappa shape index (κ1) is 17.0. The molecule has 1 atom stereocenters. The number of carbonyl (C=O) groups is 2. The molecule has 1 unspecified atom stereocenters. The van der Waals surface area contributed by atoms with Gasteiger partial charge >= 0.3 is 12.0 Å². The molecule has 124 valence electrons. The van der Waals surface area contributed by atoms with E-state index >= 15 is 0 Å². The molecular weight excluding hydrogens is 326 g/mol. The number of urea groups is 1. The van der Waals surface area contributed by atoms with Gasteiger partial charge in [-0.05, 0) is 18.9 Å². The van der Waals surface area contributed by atoms with Gasteiger partial charge in [-0.15, -0.1) is 0 Å². The first-order chi connectivity index (χ1) is 10.9. The van der Waals surface area contributed by atoms with E-state index in [2.05, 4.69) is 5.32 Å². The Morgan fingerprint density at radius 2 is 2.22 bits per heavy atom. The second-order valence-corrected chi connectivity index (χ2v) is 5.72. The van der Waals surface area contributed by atoms with Gasteiger partial charge in [0.25, 0.3) is 5.69 Å². The van der Waals surface area contributed by atoms with Crippen LogP contribution in [0.25, 0.3) is 0 Å². The largest absolute Gasteiger partial charge is 0.481 e. The van der Waals surface area contributed by atoms with Crippen molar-refractivity contribution in [3.63, 3.8) is 0 Å². The standard InChI is InChI=1S/C14H16ClN3O5/c15-11-2-1-9(12(7-11)18(22)23)3-5-16-14(21)17-6-4-10(8-17)13(19)20/h1-2,7,10H,3-6,8H2,(H,16,21)(H,19,20). The summed E-state index contributed by atoms with van der Waals surface area (Å²) in [5.74, 6) is -1.44. The van der Waals surface area contributed by atoms with Crippen LogP contribution in [0, 0.1) is 16.0 Å². The number of likely N-dealkylation sites (tertiary alicyclic amines) is 1. The number of benzene rings is 1. The Morgan fingerprint density at radius 1 is 1.48 bits per heavy atom. The molecule has 1 fully saturated rings. The number of carboxylic acid groups (broad SMARTS) is 1. The van der Waals surface area contributed by atoms with Gasteiger partial charge in [0.1, 0.15) is 0 Å². The molecule has 2 N–H and O–H groups in total. The third-order valence-corrected chi connectivity index (χ3v) is 3.97. The summed E-state index contributed by atoms with van der Waals surface area (Å²) >= 11 is 5.74. The van der Waals surface area contributed by atoms with Crippen LogP contribution in [-0.2, 0) is 11.2 Å². The van der Waals surface area contributed by atoms with Crippen molar-refractivity contribution in [1.29, 1.82) is 0 Å². The number of nitro benzene ring substituents is 1. The fraction of sp³-hybridized carbons (Fsp3) is 0.429. The van der Waals surface area contributed by atoms with Gasteiger partial charge < -0.3 is 15.3 Å². The van der Waals surface area contributed by atoms with Crippen LogP contribution in [0.15, 0.2) is 18.2 Å². The summed E-state index contributed by atoms with van der Waals surface area (Å²) in [4.78, 5) is 34.7. The van der Waals surface area contributed by atoms with Crippen LogP contribution in [0.2, 0.25) is 5.02 Å². The molecule has 1 aliphatic rings. The Kier molecular flexibility index (Phi) is 5.38. The van der Waals surface area contributed by atoms with Gasteiger partial charge in [-0.25, -0.2) is 4.79 Å². The lowest BCUT2D eigenvalue weighted by Gasteiger charge is -2.16. The number of aliphatic carboxylic acids is 1. The molecule has 2 rings (SSSR count). The van der Waals surface area contributed by atoms with Crippen molar-refractivity contribution in [2.45, 2.75) is 12.8 Å². The lowest BCUT2D eigenvalue weighted by Crippen LogP contribution is -2.39. The van der Waals surface area contributed by atoms with Crippen molar-refractivity contribution < 1.29 is 19.6 Å². The van der Waals surface area contributed by atoms with Gasteiger partial charge in [-0.3, -0.25) is 14.9 Å². The van der Waals surface area contributed by atoms with Crippen LogP contribution in [0.1, 0.15) is 12.0 Å². The predicted octanol–water partition coefficient (Wildman–Crippen LogP) is 1.91. The van der Waals surface area contributed by atoms with Gasteiger partial charge in [0, 0.05) is 36.3 Å². The molecule has 1 heterocycles. The Bertz CT molecular complexity index is 637. The molecule has 23 heavy (non-hydrogen) atoms. The molecule has 9 heteroatoms. The van der Waals surface area contributed by atoms with E-state index in [0.717, 1.165) is 0 Å². The summed E-state index contributed by atoms with van der Waals surface area (Å²) in [6, 6.07) is 4.04. The molecule has 0 radical (unpaired) electrons. The molecule has 1 aromatic rings. The Labute approximate surface area is 137 Å². The van der Waals surface area contributed by atoms with E-state index in [0.29, 0.717) is 18.5 Å². The molecule has 0 aliphatic carbocycles. The number of carbonyl (C=O) groups excluding carboxylic acids is 1. The Balaban J connectivity index is 1.87. The predicted molar refractivity (Wildman–Crippen MR) is 82.5 cm³/mol. The molecule has 2 amide bonds. The zero-order valence-electron chi connectivity index (χ0n) is 12.2. The highest BCUT2D eigenvalue weighted by Crippen LogP contribution is 2.23. The maximum absolute atomic E-state index is 11.9. The number of rotatable bonds is 5. The lowest BCUT2D eigenvalue weighted by molar-refractivity contribution is -0.385. The first-order valence-corrected chi connectivity index (χ1v) is 7.44. The van der Waals surface area contributed by atoms with Crippen molar-refractivity contribution >= 4 is 29.3 Å². The maximum Gasteiger partial charge on any atom is 0.317 e. The van der Waals surface area contributed by atoms with Crippen molar-refractivity contribution in [3.8, 4) is 0 Å². The van der Waals surface area contributed by atoms with Crippen LogP contribution in [0.5, 0.6) is 0 Å². The minimum atomic E-state index is -0.905. The Hall–Kier alpha value is -2.35. The number of nitro groups is 1. The van der Waals surface area contributed by atoms with Gasteiger partial charge in [0.15, 0.2) is 0 Å². The summed E-state index contributed by atoms with van der Waals surface area (Å²) in [6.45, 7) is 0.793. The summed E-state index contributed by atoms with van der Waals surface area (Å²) < 4.78 is 0.